The van der Waals surface area contributed by atoms with Crippen LogP contribution in [0.5, 0.6) is 5.75 Å². The molecule has 0 aliphatic carbocycles. The molecule has 0 fully saturated rings. The highest BCUT2D eigenvalue weighted by atomic mass is 16.5. The smallest absolute Gasteiger partial charge is 0.198 e. The minimum absolute atomic E-state index is 0.547. The van der Waals surface area contributed by atoms with Gasteiger partial charge in [-0.05, 0) is 43.9 Å². The molecule has 2 nitrogen and oxygen atoms in total. The zero-order chi connectivity index (χ0) is 10.9. The monoisotopic (exact) mass is 205 g/mol. The Bertz CT molecular complexity index is 294. The number of carbonyl (C=O) groups excluding carboxylic acids is 1. The van der Waals surface area contributed by atoms with Crippen LogP contribution in [0.4, 0.5) is 0 Å². The Morgan fingerprint density at radius 2 is 2.20 bits per heavy atom. The zero-order valence-corrected chi connectivity index (χ0v) is 9.16. The quantitative estimate of drug-likeness (QED) is 0.640. The minimum atomic E-state index is 0.547. The van der Waals surface area contributed by atoms with Gasteiger partial charge in [0.05, 0.1) is 6.61 Å². The third-order valence-corrected chi connectivity index (χ3v) is 2.20. The molecule has 0 aromatic heterocycles. The first kappa shape index (κ1) is 11.8. The fraction of sp³-hybridized carbons (Fsp3) is 0.462. The Hall–Kier alpha value is -1.31. The van der Waals surface area contributed by atoms with Crippen LogP contribution >= 0.6 is 0 Å². The van der Waals surface area contributed by atoms with Gasteiger partial charge < -0.3 is 4.74 Å². The van der Waals surface area contributed by atoms with E-state index < -0.39 is 0 Å². The van der Waals surface area contributed by atoms with Crippen molar-refractivity contribution in [2.75, 3.05) is 6.61 Å². The summed E-state index contributed by atoms with van der Waals surface area (Å²) in [5.41, 5.74) is 1.27. The van der Waals surface area contributed by atoms with Crippen LogP contribution < -0.4 is 4.74 Å². The standard InChI is InChI=1S/C13H17O2/c1-2-15-13-9-6-8-12(11-13)7-4-3-5-10-14/h6,8-9,11H,2-5,7H2,1H3. The second kappa shape index (κ2) is 7.04. The first-order valence-electron chi connectivity index (χ1n) is 5.43. The highest BCUT2D eigenvalue weighted by molar-refractivity contribution is 5.50. The number of ether oxygens (including phenoxy) is 1. The van der Waals surface area contributed by atoms with E-state index >= 15 is 0 Å². The van der Waals surface area contributed by atoms with E-state index in [1.54, 1.807) is 0 Å². The first-order chi connectivity index (χ1) is 7.36. The topological polar surface area (TPSA) is 26.3 Å². The van der Waals surface area contributed by atoms with Gasteiger partial charge in [0, 0.05) is 6.42 Å². The third-order valence-electron chi connectivity index (χ3n) is 2.20. The molecule has 1 rings (SSSR count). The predicted molar refractivity (Wildman–Crippen MR) is 60.9 cm³/mol. The van der Waals surface area contributed by atoms with Gasteiger partial charge in [-0.3, -0.25) is 4.79 Å². The molecule has 0 saturated carbocycles. The van der Waals surface area contributed by atoms with Crippen molar-refractivity contribution >= 4 is 6.29 Å². The van der Waals surface area contributed by atoms with Gasteiger partial charge in [-0.15, -0.1) is 0 Å². The maximum Gasteiger partial charge on any atom is 0.198 e. The van der Waals surface area contributed by atoms with Crippen molar-refractivity contribution in [2.24, 2.45) is 0 Å². The summed E-state index contributed by atoms with van der Waals surface area (Å²) in [4.78, 5) is 10.0. The Morgan fingerprint density at radius 3 is 2.93 bits per heavy atom. The Labute approximate surface area is 91.3 Å². The lowest BCUT2D eigenvalue weighted by atomic mass is 10.1. The van der Waals surface area contributed by atoms with Crippen LogP contribution in [0.3, 0.4) is 0 Å². The summed E-state index contributed by atoms with van der Waals surface area (Å²) in [7, 11) is 0. The van der Waals surface area contributed by atoms with E-state index in [1.807, 2.05) is 25.3 Å². The second-order valence-electron chi connectivity index (χ2n) is 3.43. The van der Waals surface area contributed by atoms with Crippen molar-refractivity contribution in [1.82, 2.24) is 0 Å². The van der Waals surface area contributed by atoms with Crippen LogP contribution in [0.1, 0.15) is 31.7 Å². The van der Waals surface area contributed by atoms with E-state index in [2.05, 4.69) is 12.1 Å². The van der Waals surface area contributed by atoms with E-state index in [0.29, 0.717) is 13.0 Å². The van der Waals surface area contributed by atoms with E-state index in [-0.39, 0.29) is 0 Å². The van der Waals surface area contributed by atoms with Crippen LogP contribution in [0, 0.1) is 0 Å². The van der Waals surface area contributed by atoms with Crippen molar-refractivity contribution < 1.29 is 9.53 Å². The largest absolute Gasteiger partial charge is 0.494 e. The van der Waals surface area contributed by atoms with Gasteiger partial charge in [0.25, 0.3) is 0 Å². The van der Waals surface area contributed by atoms with Crippen molar-refractivity contribution in [3.05, 3.63) is 29.8 Å². The summed E-state index contributed by atoms with van der Waals surface area (Å²) in [6, 6.07) is 8.12. The molecule has 1 aromatic rings. The molecule has 0 N–H and O–H groups in total. The average molecular weight is 205 g/mol. The highest BCUT2D eigenvalue weighted by Gasteiger charge is 1.96. The average Bonchev–Trinajstić information content (AvgIpc) is 2.26. The van der Waals surface area contributed by atoms with E-state index in [4.69, 9.17) is 4.74 Å². The van der Waals surface area contributed by atoms with Gasteiger partial charge in [-0.25, -0.2) is 0 Å². The summed E-state index contributed by atoms with van der Waals surface area (Å²) < 4.78 is 5.41. The predicted octanol–water partition coefficient (Wildman–Crippen LogP) is 2.91. The lowest BCUT2D eigenvalue weighted by molar-refractivity contribution is 0.340. The Morgan fingerprint density at radius 1 is 1.33 bits per heavy atom. The van der Waals surface area contributed by atoms with Crippen LogP contribution in [-0.4, -0.2) is 12.9 Å². The van der Waals surface area contributed by atoms with Gasteiger partial charge >= 0.3 is 0 Å². The van der Waals surface area contributed by atoms with Crippen molar-refractivity contribution in [1.29, 1.82) is 0 Å². The van der Waals surface area contributed by atoms with Gasteiger partial charge in [0.1, 0.15) is 5.75 Å². The zero-order valence-electron chi connectivity index (χ0n) is 9.16. The molecule has 2 heteroatoms. The van der Waals surface area contributed by atoms with E-state index in [0.717, 1.165) is 25.0 Å². The number of benzene rings is 1. The summed E-state index contributed by atoms with van der Waals surface area (Å²) in [6.07, 6.45) is 5.41. The minimum Gasteiger partial charge on any atom is -0.494 e. The molecular weight excluding hydrogens is 188 g/mol. The number of unbranched alkanes of at least 4 members (excludes halogenated alkanes) is 2. The summed E-state index contributed by atoms with van der Waals surface area (Å²) in [5, 5.41) is 0. The summed E-state index contributed by atoms with van der Waals surface area (Å²) >= 11 is 0. The number of hydrogen-bond acceptors (Lipinski definition) is 2. The highest BCUT2D eigenvalue weighted by Crippen LogP contribution is 2.15. The summed E-state index contributed by atoms with van der Waals surface area (Å²) in [5.74, 6) is 0.928. The molecular formula is C13H17O2. The number of aryl methyl sites for hydroxylation is 1. The molecule has 1 radical (unpaired) electrons. The molecule has 0 unspecified atom stereocenters. The molecule has 0 aliphatic heterocycles. The van der Waals surface area contributed by atoms with Crippen molar-refractivity contribution in [3.63, 3.8) is 0 Å². The molecule has 0 aliphatic rings. The maximum absolute atomic E-state index is 10.0. The molecule has 0 bridgehead atoms. The van der Waals surface area contributed by atoms with Crippen LogP contribution in [0.15, 0.2) is 24.3 Å². The Kier molecular flexibility index (Phi) is 5.52. The van der Waals surface area contributed by atoms with Crippen molar-refractivity contribution in [2.45, 2.75) is 32.6 Å². The molecule has 15 heavy (non-hydrogen) atoms. The molecule has 0 amide bonds. The molecule has 81 valence electrons. The molecule has 0 spiro atoms. The van der Waals surface area contributed by atoms with Crippen LogP contribution in [0.25, 0.3) is 0 Å². The second-order valence-corrected chi connectivity index (χ2v) is 3.43. The third kappa shape index (κ3) is 4.63. The van der Waals surface area contributed by atoms with Crippen molar-refractivity contribution in [3.8, 4) is 5.75 Å². The van der Waals surface area contributed by atoms with E-state index in [9.17, 15) is 4.79 Å². The SMILES string of the molecule is CCOc1cccc(CCCC[C]=O)c1. The molecule has 0 atom stereocenters. The van der Waals surface area contributed by atoms with Crippen LogP contribution in [0.2, 0.25) is 0 Å². The summed E-state index contributed by atoms with van der Waals surface area (Å²) in [6.45, 7) is 2.68. The van der Waals surface area contributed by atoms with E-state index in [1.165, 1.54) is 5.56 Å². The van der Waals surface area contributed by atoms with Gasteiger partial charge in [-0.2, -0.15) is 0 Å². The number of hydrogen-bond donors (Lipinski definition) is 0. The fourth-order valence-corrected chi connectivity index (χ4v) is 1.48. The Balaban J connectivity index is 2.39. The molecule has 1 aromatic carbocycles. The maximum atomic E-state index is 10.0. The fourth-order valence-electron chi connectivity index (χ4n) is 1.48. The number of rotatable bonds is 7. The van der Waals surface area contributed by atoms with Gasteiger partial charge in [0.2, 0.25) is 0 Å². The first-order valence-corrected chi connectivity index (χ1v) is 5.43. The normalized spacial score (nSPS) is 9.93. The lowest BCUT2D eigenvalue weighted by Gasteiger charge is -2.05. The van der Waals surface area contributed by atoms with Crippen LogP contribution in [-0.2, 0) is 11.2 Å². The molecule has 0 saturated heterocycles. The van der Waals surface area contributed by atoms with Gasteiger partial charge in [0.15, 0.2) is 6.29 Å². The molecule has 0 heterocycles. The van der Waals surface area contributed by atoms with Gasteiger partial charge in [-0.1, -0.05) is 12.1 Å². The lowest BCUT2D eigenvalue weighted by Crippen LogP contribution is -1.93.